The zero-order valence-corrected chi connectivity index (χ0v) is 7.96. The van der Waals surface area contributed by atoms with Crippen LogP contribution in [0.1, 0.15) is 6.42 Å². The molecule has 5 nitrogen and oxygen atoms in total. The zero-order chi connectivity index (χ0) is 10.1. The molecule has 0 aromatic heterocycles. The molecule has 1 aliphatic heterocycles. The molecule has 0 aromatic rings. The van der Waals surface area contributed by atoms with Crippen molar-refractivity contribution in [2.75, 3.05) is 18.8 Å². The summed E-state index contributed by atoms with van der Waals surface area (Å²) in [5.74, 6) is -0.892. The Labute approximate surface area is 81.3 Å². The highest BCUT2D eigenvalue weighted by Crippen LogP contribution is 2.20. The Kier molecular flexibility index (Phi) is 2.82. The smallest absolute Gasteiger partial charge is 0.251 e. The van der Waals surface area contributed by atoms with E-state index in [4.69, 9.17) is 5.73 Å². The molecule has 0 radical (unpaired) electrons. The molecule has 0 aromatic carbocycles. The first-order valence-corrected chi connectivity index (χ1v) is 4.54. The molecule has 1 unspecified atom stereocenters. The van der Waals surface area contributed by atoms with E-state index in [2.05, 4.69) is 12.6 Å². The minimum Gasteiger partial charge on any atom is -0.378 e. The molecule has 1 fully saturated rings. The maximum Gasteiger partial charge on any atom is 0.251 e. The summed E-state index contributed by atoms with van der Waals surface area (Å²) in [6.07, 6.45) is 0.210. The van der Waals surface area contributed by atoms with Crippen molar-refractivity contribution in [2.45, 2.75) is 12.0 Å². The number of amides is 2. The van der Waals surface area contributed by atoms with Crippen molar-refractivity contribution in [3.8, 4) is 0 Å². The summed E-state index contributed by atoms with van der Waals surface area (Å²) in [5, 5.41) is 9.59. The van der Waals surface area contributed by atoms with E-state index in [1.807, 2.05) is 0 Å². The van der Waals surface area contributed by atoms with Gasteiger partial charge in [0.2, 0.25) is 5.91 Å². The number of carbonyl (C=O) groups is 2. The monoisotopic (exact) mass is 204 g/mol. The Hall–Kier alpha value is -0.750. The Morgan fingerprint density at radius 2 is 2.23 bits per heavy atom. The van der Waals surface area contributed by atoms with Gasteiger partial charge in [-0.3, -0.25) is 9.59 Å². The number of hydrogen-bond donors (Lipinski definition) is 3. The Morgan fingerprint density at radius 1 is 1.62 bits per heavy atom. The molecule has 1 rings (SSSR count). The lowest BCUT2D eigenvalue weighted by Gasteiger charge is -2.19. The van der Waals surface area contributed by atoms with Crippen LogP contribution in [-0.2, 0) is 9.59 Å². The highest BCUT2D eigenvalue weighted by Gasteiger charge is 2.42. The molecule has 3 N–H and O–H groups in total. The van der Waals surface area contributed by atoms with E-state index in [9.17, 15) is 14.7 Å². The summed E-state index contributed by atoms with van der Waals surface area (Å²) in [6, 6.07) is 0. The molecule has 1 atom stereocenters. The minimum atomic E-state index is -1.54. The van der Waals surface area contributed by atoms with Crippen molar-refractivity contribution < 1.29 is 14.7 Å². The first-order valence-electron chi connectivity index (χ1n) is 3.90. The number of hydrogen-bond acceptors (Lipinski definition) is 4. The fraction of sp³-hybridized carbons (Fsp3) is 0.714. The van der Waals surface area contributed by atoms with Gasteiger partial charge in [-0.25, -0.2) is 0 Å². The molecule has 0 aliphatic carbocycles. The zero-order valence-electron chi connectivity index (χ0n) is 7.06. The van der Waals surface area contributed by atoms with E-state index in [1.54, 1.807) is 0 Å². The van der Waals surface area contributed by atoms with Crippen LogP contribution in [0, 0.1) is 0 Å². The summed E-state index contributed by atoms with van der Waals surface area (Å²) in [6.45, 7) is 0.348. The third kappa shape index (κ3) is 1.94. The lowest BCUT2D eigenvalue weighted by atomic mass is 10.0. The molecule has 1 saturated heterocycles. The van der Waals surface area contributed by atoms with Crippen LogP contribution in [0.25, 0.3) is 0 Å². The Balaban J connectivity index is 2.63. The van der Waals surface area contributed by atoms with Crippen LogP contribution in [-0.4, -0.2) is 46.3 Å². The third-order valence-electron chi connectivity index (χ3n) is 2.19. The normalized spacial score (nSPS) is 27.7. The van der Waals surface area contributed by atoms with Gasteiger partial charge >= 0.3 is 0 Å². The highest BCUT2D eigenvalue weighted by atomic mass is 32.1. The van der Waals surface area contributed by atoms with Gasteiger partial charge in [0, 0.05) is 13.0 Å². The van der Waals surface area contributed by atoms with Crippen LogP contribution in [0.5, 0.6) is 0 Å². The second-order valence-corrected chi connectivity index (χ2v) is 3.44. The third-order valence-corrected chi connectivity index (χ3v) is 2.46. The van der Waals surface area contributed by atoms with Gasteiger partial charge in [0.05, 0.1) is 12.3 Å². The van der Waals surface area contributed by atoms with Gasteiger partial charge < -0.3 is 15.7 Å². The standard InChI is InChI=1S/C7H12N2O3S/c8-6(11)7(12)1-2-9(4-7)5(10)3-13/h12-13H,1-4H2,(H2,8,11). The van der Waals surface area contributed by atoms with Crippen molar-refractivity contribution in [2.24, 2.45) is 5.73 Å². The van der Waals surface area contributed by atoms with Gasteiger partial charge in [0.25, 0.3) is 5.91 Å². The lowest BCUT2D eigenvalue weighted by molar-refractivity contribution is -0.136. The van der Waals surface area contributed by atoms with Crippen LogP contribution in [0.2, 0.25) is 0 Å². The predicted octanol–water partition coefficient (Wildman–Crippen LogP) is -1.64. The molecule has 0 saturated carbocycles. The number of rotatable bonds is 2. The molecular formula is C7H12N2O3S. The van der Waals surface area contributed by atoms with Crippen molar-refractivity contribution in [3.63, 3.8) is 0 Å². The molecule has 0 bridgehead atoms. The summed E-state index contributed by atoms with van der Waals surface area (Å²) >= 11 is 3.81. The van der Waals surface area contributed by atoms with Gasteiger partial charge in [0.15, 0.2) is 5.60 Å². The molecule has 6 heteroatoms. The molecule has 2 amide bonds. The first-order chi connectivity index (χ1) is 5.99. The number of likely N-dealkylation sites (tertiary alicyclic amines) is 1. The van der Waals surface area contributed by atoms with E-state index in [-0.39, 0.29) is 24.6 Å². The van der Waals surface area contributed by atoms with E-state index < -0.39 is 11.5 Å². The number of thiol groups is 1. The van der Waals surface area contributed by atoms with Crippen LogP contribution in [0.15, 0.2) is 0 Å². The number of β-amino-alcohol motifs (C(OH)–C–C–N with tert-alkyl or cyclic N) is 1. The van der Waals surface area contributed by atoms with Crippen LogP contribution < -0.4 is 5.73 Å². The molecule has 1 heterocycles. The largest absolute Gasteiger partial charge is 0.378 e. The first kappa shape index (κ1) is 10.3. The Morgan fingerprint density at radius 3 is 2.62 bits per heavy atom. The number of nitrogens with two attached hydrogens (primary N) is 1. The number of aliphatic hydroxyl groups is 1. The number of carbonyl (C=O) groups excluding carboxylic acids is 2. The fourth-order valence-corrected chi connectivity index (χ4v) is 1.51. The molecule has 1 aliphatic rings. The van der Waals surface area contributed by atoms with Crippen molar-refractivity contribution in [3.05, 3.63) is 0 Å². The van der Waals surface area contributed by atoms with E-state index >= 15 is 0 Å². The van der Waals surface area contributed by atoms with Crippen molar-refractivity contribution >= 4 is 24.4 Å². The number of nitrogens with zero attached hydrogens (tertiary/aromatic N) is 1. The summed E-state index contributed by atoms with van der Waals surface area (Å²) in [4.78, 5) is 23.3. The molecule has 13 heavy (non-hydrogen) atoms. The predicted molar refractivity (Wildman–Crippen MR) is 49.2 cm³/mol. The summed E-state index contributed by atoms with van der Waals surface area (Å²) < 4.78 is 0. The van der Waals surface area contributed by atoms with Gasteiger partial charge in [0.1, 0.15) is 0 Å². The maximum absolute atomic E-state index is 11.1. The average molecular weight is 204 g/mol. The molecule has 0 spiro atoms. The maximum atomic E-state index is 11.1. The summed E-state index contributed by atoms with van der Waals surface area (Å²) in [5.41, 5.74) is 3.45. The van der Waals surface area contributed by atoms with Gasteiger partial charge in [-0.2, -0.15) is 12.6 Å². The number of primary amides is 1. The molecule has 74 valence electrons. The fourth-order valence-electron chi connectivity index (χ4n) is 1.31. The van der Waals surface area contributed by atoms with Gasteiger partial charge in [-0.1, -0.05) is 0 Å². The van der Waals surface area contributed by atoms with Crippen molar-refractivity contribution in [1.82, 2.24) is 4.90 Å². The quantitative estimate of drug-likeness (QED) is 0.472. The van der Waals surface area contributed by atoms with Gasteiger partial charge in [-0.15, -0.1) is 0 Å². The van der Waals surface area contributed by atoms with E-state index in [0.29, 0.717) is 6.54 Å². The SMILES string of the molecule is NC(=O)C1(O)CCN(C(=O)CS)C1. The minimum absolute atomic E-state index is 0.0122. The van der Waals surface area contributed by atoms with Crippen LogP contribution in [0.3, 0.4) is 0 Å². The average Bonchev–Trinajstić information content (AvgIpc) is 2.48. The van der Waals surface area contributed by atoms with Crippen LogP contribution >= 0.6 is 12.6 Å². The van der Waals surface area contributed by atoms with Crippen LogP contribution in [0.4, 0.5) is 0 Å². The molecular weight excluding hydrogens is 192 g/mol. The summed E-state index contributed by atoms with van der Waals surface area (Å²) in [7, 11) is 0. The second-order valence-electron chi connectivity index (χ2n) is 3.12. The topological polar surface area (TPSA) is 83.6 Å². The van der Waals surface area contributed by atoms with Gasteiger partial charge in [-0.05, 0) is 0 Å². The second kappa shape index (κ2) is 3.55. The van der Waals surface area contributed by atoms with E-state index in [1.165, 1.54) is 4.90 Å². The lowest BCUT2D eigenvalue weighted by Crippen LogP contribution is -2.46. The van der Waals surface area contributed by atoms with E-state index in [0.717, 1.165) is 0 Å². The highest BCUT2D eigenvalue weighted by molar-refractivity contribution is 7.81. The van der Waals surface area contributed by atoms with Crippen molar-refractivity contribution in [1.29, 1.82) is 0 Å². The Bertz CT molecular complexity index is 246.